The van der Waals surface area contributed by atoms with Crippen molar-refractivity contribution in [3.05, 3.63) is 0 Å². The van der Waals surface area contributed by atoms with Crippen molar-refractivity contribution in [3.8, 4) is 0 Å². The minimum absolute atomic E-state index is 0.784. The number of ether oxygens (including phenoxy) is 1. The van der Waals surface area contributed by atoms with Crippen molar-refractivity contribution < 1.29 is 4.74 Å². The lowest BCUT2D eigenvalue weighted by Crippen LogP contribution is -2.13. The lowest BCUT2D eigenvalue weighted by atomic mass is 10.7. The van der Waals surface area contributed by atoms with Gasteiger partial charge < -0.3 is 10.1 Å². The summed E-state index contributed by atoms with van der Waals surface area (Å²) in [6.45, 7) is 10.6. The molecule has 18 heavy (non-hydrogen) atoms. The number of aliphatic imine (C=N–C) groups is 3. The largest absolute Gasteiger partial charge is 0.479 e. The van der Waals surface area contributed by atoms with Crippen LogP contribution in [0.5, 0.6) is 0 Å². The number of hydrogen-bond acceptors (Lipinski definition) is 6. The van der Waals surface area contributed by atoms with Gasteiger partial charge in [-0.15, -0.1) is 11.8 Å². The summed E-state index contributed by atoms with van der Waals surface area (Å²) in [6.07, 6.45) is 0. The second-order valence-corrected chi connectivity index (χ2v) is 5.18. The van der Waals surface area contributed by atoms with E-state index in [-0.39, 0.29) is 0 Å². The molecule has 0 aromatic heterocycles. The van der Waals surface area contributed by atoms with Crippen LogP contribution in [-0.4, -0.2) is 55.3 Å². The van der Waals surface area contributed by atoms with Crippen molar-refractivity contribution in [2.24, 2.45) is 15.0 Å². The maximum absolute atomic E-state index is 4.90. The molecule has 5 nitrogen and oxygen atoms in total. The Bertz CT molecular complexity index is 287. The zero-order valence-corrected chi connectivity index (χ0v) is 12.2. The topological polar surface area (TPSA) is 58.3 Å². The predicted octanol–water partition coefficient (Wildman–Crippen LogP) is 1.59. The molecule has 0 atom stereocenters. The Hall–Kier alpha value is -1.04. The fraction of sp³-hybridized carbons (Fsp3) is 0.750. The van der Waals surface area contributed by atoms with E-state index in [0.29, 0.717) is 0 Å². The average Bonchev–Trinajstić information content (AvgIpc) is 3.05. The van der Waals surface area contributed by atoms with E-state index in [1.165, 1.54) is 10.8 Å². The number of thioether (sulfide) groups is 1. The number of hydrogen-bond donors (Lipinski definition) is 1. The Morgan fingerprint density at radius 3 is 2.06 bits per heavy atom. The molecule has 0 saturated heterocycles. The molecule has 102 valence electrons. The third kappa shape index (κ3) is 7.32. The molecule has 0 aromatic rings. The first-order chi connectivity index (χ1) is 8.68. The highest BCUT2D eigenvalue weighted by Crippen LogP contribution is 2.09. The Morgan fingerprint density at radius 2 is 1.89 bits per heavy atom. The summed E-state index contributed by atoms with van der Waals surface area (Å²) in [5.74, 6) is 3.11. The van der Waals surface area contributed by atoms with Gasteiger partial charge in [0.25, 0.3) is 0 Å². The van der Waals surface area contributed by atoms with Gasteiger partial charge in [0, 0.05) is 25.8 Å². The van der Waals surface area contributed by atoms with Crippen LogP contribution >= 0.6 is 11.8 Å². The average molecular weight is 270 g/mol. The first-order valence-electron chi connectivity index (χ1n) is 6.21. The van der Waals surface area contributed by atoms with E-state index in [4.69, 9.17) is 4.74 Å². The molecule has 3 aliphatic rings. The maximum atomic E-state index is 4.90. The summed E-state index contributed by atoms with van der Waals surface area (Å²) in [5, 5.41) is 4.31. The van der Waals surface area contributed by atoms with Crippen molar-refractivity contribution in [1.82, 2.24) is 5.32 Å². The summed E-state index contributed by atoms with van der Waals surface area (Å²) < 4.78 is 4.90. The van der Waals surface area contributed by atoms with Crippen molar-refractivity contribution >= 4 is 28.5 Å². The van der Waals surface area contributed by atoms with Gasteiger partial charge in [-0.05, 0) is 13.8 Å². The zero-order chi connectivity index (χ0) is 13.2. The van der Waals surface area contributed by atoms with Crippen molar-refractivity contribution in [2.75, 3.05) is 38.5 Å². The molecular formula is C12H22N4OS. The van der Waals surface area contributed by atoms with Crippen LogP contribution in [0.2, 0.25) is 0 Å². The van der Waals surface area contributed by atoms with Gasteiger partial charge in [-0.2, -0.15) is 0 Å². The summed E-state index contributed by atoms with van der Waals surface area (Å²) in [4.78, 5) is 12.1. The molecule has 0 aromatic carbocycles. The fourth-order valence-corrected chi connectivity index (χ4v) is 2.06. The lowest BCUT2D eigenvalue weighted by Gasteiger charge is -1.86. The van der Waals surface area contributed by atoms with Gasteiger partial charge in [0.05, 0.1) is 24.0 Å². The number of amidine groups is 1. The molecule has 0 aliphatic carbocycles. The SMILES string of the molecule is CC1=NCCN1.CC1=NCCO1.CC1=NCCS1. The number of rotatable bonds is 0. The quantitative estimate of drug-likeness (QED) is 0.727. The highest BCUT2D eigenvalue weighted by Gasteiger charge is 1.97. The number of nitrogens with one attached hydrogen (secondary N) is 1. The van der Waals surface area contributed by atoms with Crippen LogP contribution in [0.3, 0.4) is 0 Å². The molecule has 6 heteroatoms. The molecule has 3 rings (SSSR count). The van der Waals surface area contributed by atoms with Gasteiger partial charge in [0.15, 0.2) is 5.90 Å². The van der Waals surface area contributed by atoms with Crippen LogP contribution in [0.15, 0.2) is 15.0 Å². The zero-order valence-electron chi connectivity index (χ0n) is 11.4. The molecular weight excluding hydrogens is 248 g/mol. The normalized spacial score (nSPS) is 20.3. The van der Waals surface area contributed by atoms with Crippen LogP contribution in [0, 0.1) is 0 Å². The Labute approximate surface area is 113 Å². The Morgan fingerprint density at radius 1 is 1.06 bits per heavy atom. The highest BCUT2D eigenvalue weighted by molar-refractivity contribution is 8.14. The highest BCUT2D eigenvalue weighted by atomic mass is 32.2. The minimum atomic E-state index is 0.784. The van der Waals surface area contributed by atoms with Crippen LogP contribution in [-0.2, 0) is 4.74 Å². The van der Waals surface area contributed by atoms with Gasteiger partial charge in [0.2, 0.25) is 0 Å². The molecule has 0 amide bonds. The van der Waals surface area contributed by atoms with Gasteiger partial charge in [-0.1, -0.05) is 0 Å². The summed E-state index contributed by atoms with van der Waals surface area (Å²) in [7, 11) is 0. The van der Waals surface area contributed by atoms with E-state index in [1.54, 1.807) is 0 Å². The molecule has 0 spiro atoms. The Balaban J connectivity index is 0.000000135. The van der Waals surface area contributed by atoms with E-state index in [0.717, 1.165) is 44.5 Å². The molecule has 1 N–H and O–H groups in total. The lowest BCUT2D eigenvalue weighted by molar-refractivity contribution is 0.345. The van der Waals surface area contributed by atoms with Gasteiger partial charge in [-0.25, -0.2) is 0 Å². The fourth-order valence-electron chi connectivity index (χ4n) is 1.40. The van der Waals surface area contributed by atoms with E-state index in [9.17, 15) is 0 Å². The van der Waals surface area contributed by atoms with Crippen molar-refractivity contribution in [3.63, 3.8) is 0 Å². The van der Waals surface area contributed by atoms with Crippen LogP contribution in [0.1, 0.15) is 20.8 Å². The van der Waals surface area contributed by atoms with Gasteiger partial charge >= 0.3 is 0 Å². The summed E-state index contributed by atoms with van der Waals surface area (Å²) in [5.41, 5.74) is 0. The standard InChI is InChI=1S/C4H8N2.C4H7NO.C4H7NS/c3*1-4-5-2-3-6-4/h2-3H2,1H3,(H,5,6);2*2-3H2,1H3. The third-order valence-corrected chi connectivity index (χ3v) is 3.25. The predicted molar refractivity (Wildman–Crippen MR) is 80.3 cm³/mol. The second-order valence-electron chi connectivity index (χ2n) is 3.89. The monoisotopic (exact) mass is 270 g/mol. The van der Waals surface area contributed by atoms with Crippen molar-refractivity contribution in [2.45, 2.75) is 20.8 Å². The maximum Gasteiger partial charge on any atom is 0.180 e. The van der Waals surface area contributed by atoms with Crippen molar-refractivity contribution in [1.29, 1.82) is 0 Å². The van der Waals surface area contributed by atoms with Gasteiger partial charge in [-0.3, -0.25) is 15.0 Å². The number of nitrogens with zero attached hydrogens (tertiary/aromatic N) is 3. The van der Waals surface area contributed by atoms with E-state index in [1.807, 2.05) is 25.6 Å². The first kappa shape index (κ1) is 15.0. The second kappa shape index (κ2) is 8.97. The van der Waals surface area contributed by atoms with Crippen LogP contribution in [0.4, 0.5) is 0 Å². The molecule has 0 bridgehead atoms. The minimum Gasteiger partial charge on any atom is -0.479 e. The Kier molecular flexibility index (Phi) is 7.48. The molecule has 0 saturated carbocycles. The molecule has 0 fully saturated rings. The molecule has 0 radical (unpaired) electrons. The smallest absolute Gasteiger partial charge is 0.180 e. The van der Waals surface area contributed by atoms with Crippen LogP contribution in [0.25, 0.3) is 0 Å². The van der Waals surface area contributed by atoms with Crippen LogP contribution < -0.4 is 5.32 Å². The first-order valence-corrected chi connectivity index (χ1v) is 7.19. The van der Waals surface area contributed by atoms with E-state index in [2.05, 4.69) is 27.2 Å². The van der Waals surface area contributed by atoms with E-state index < -0.39 is 0 Å². The summed E-state index contributed by atoms with van der Waals surface area (Å²) in [6, 6.07) is 0. The summed E-state index contributed by atoms with van der Waals surface area (Å²) >= 11 is 1.85. The molecule has 3 heterocycles. The third-order valence-electron chi connectivity index (χ3n) is 2.32. The molecule has 0 unspecified atom stereocenters. The van der Waals surface area contributed by atoms with E-state index >= 15 is 0 Å². The molecule has 3 aliphatic heterocycles. The van der Waals surface area contributed by atoms with Gasteiger partial charge in [0.1, 0.15) is 6.61 Å².